The van der Waals surface area contributed by atoms with Gasteiger partial charge in [-0.05, 0) is 23.8 Å². The molecule has 0 spiro atoms. The van der Waals surface area contributed by atoms with Crippen molar-refractivity contribution >= 4 is 39.7 Å². The molecule has 0 radical (unpaired) electrons. The average Bonchev–Trinajstić information content (AvgIpc) is 3.27. The number of amides is 1. The summed E-state index contributed by atoms with van der Waals surface area (Å²) in [5.74, 6) is 0.613. The van der Waals surface area contributed by atoms with Gasteiger partial charge in [0.05, 0.1) is 0 Å². The highest BCUT2D eigenvalue weighted by Crippen LogP contribution is 2.30. The van der Waals surface area contributed by atoms with Crippen molar-refractivity contribution in [2.45, 2.75) is 19.4 Å². The molecule has 1 amide bonds. The van der Waals surface area contributed by atoms with Crippen LogP contribution in [0.1, 0.15) is 18.4 Å². The highest BCUT2D eigenvalue weighted by molar-refractivity contribution is 7.15. The minimum atomic E-state index is -0.437. The zero-order valence-corrected chi connectivity index (χ0v) is 15.8. The molecule has 3 aromatic heterocycles. The number of piperidine rings is 1. The zero-order valence-electron chi connectivity index (χ0n) is 14.9. The second-order valence-electron chi connectivity index (χ2n) is 6.60. The van der Waals surface area contributed by atoms with Gasteiger partial charge in [-0.2, -0.15) is 9.38 Å². The lowest BCUT2D eigenvalue weighted by atomic mass is 9.96. The fourth-order valence-corrected chi connectivity index (χ4v) is 4.18. The molecule has 4 rings (SSSR count). The Hall–Kier alpha value is -3.21. The third kappa shape index (κ3) is 3.36. The van der Waals surface area contributed by atoms with Gasteiger partial charge < -0.3 is 26.1 Å². The molecule has 10 nitrogen and oxygen atoms in total. The minimum absolute atomic E-state index is 0.0797. The summed E-state index contributed by atoms with van der Waals surface area (Å²) in [7, 11) is 0. The molecule has 28 heavy (non-hydrogen) atoms. The van der Waals surface area contributed by atoms with Crippen LogP contribution in [0.2, 0.25) is 0 Å². The van der Waals surface area contributed by atoms with E-state index in [0.29, 0.717) is 37.4 Å². The largest absolute Gasteiger partial charge is 0.372 e. The average molecular weight is 401 g/mol. The summed E-state index contributed by atoms with van der Waals surface area (Å²) in [5, 5.41) is 16.3. The van der Waals surface area contributed by atoms with E-state index in [1.807, 2.05) is 12.1 Å². The third-order valence-electron chi connectivity index (χ3n) is 4.92. The smallest absolute Gasteiger partial charge is 0.369 e. The summed E-state index contributed by atoms with van der Waals surface area (Å²) in [4.78, 5) is 33.9. The van der Waals surface area contributed by atoms with Gasteiger partial charge in [0.2, 0.25) is 11.7 Å². The Kier molecular flexibility index (Phi) is 4.82. The van der Waals surface area contributed by atoms with Crippen LogP contribution in [0.15, 0.2) is 29.9 Å². The second kappa shape index (κ2) is 7.43. The number of rotatable bonds is 6. The Morgan fingerprint density at radius 1 is 1.43 bits per heavy atom. The number of fused-ring (bicyclic) bond motifs is 1. The Morgan fingerprint density at radius 3 is 2.93 bits per heavy atom. The van der Waals surface area contributed by atoms with E-state index in [2.05, 4.69) is 20.2 Å². The summed E-state index contributed by atoms with van der Waals surface area (Å²) in [6.07, 6.45) is 4.74. The number of nitrogens with zero attached hydrogens (tertiary/aromatic N) is 5. The molecule has 0 unspecified atom stereocenters. The standard InChI is InChI=1S/C17H19N7O3S/c18-13(25)11-3-6-22(7-4-11)15-12(2-1-5-19-15)10-20-14-16(24(26)27)23-8-9-28-17(23)21-14/h1-2,5,8-9,11,20H,3-4,6-7,10H2,(H2,18,25). The topological polar surface area (TPSA) is 132 Å². The highest BCUT2D eigenvalue weighted by atomic mass is 32.1. The van der Waals surface area contributed by atoms with E-state index in [-0.39, 0.29) is 23.5 Å². The van der Waals surface area contributed by atoms with Crippen LogP contribution in [0.25, 0.3) is 4.96 Å². The molecular formula is C17H19N7O3S. The number of hydrogen-bond acceptors (Lipinski definition) is 8. The second-order valence-corrected chi connectivity index (χ2v) is 7.47. The van der Waals surface area contributed by atoms with Crippen molar-refractivity contribution in [3.05, 3.63) is 45.6 Å². The van der Waals surface area contributed by atoms with Crippen molar-refractivity contribution < 1.29 is 9.72 Å². The van der Waals surface area contributed by atoms with E-state index in [1.165, 1.54) is 15.7 Å². The first-order valence-electron chi connectivity index (χ1n) is 8.86. The Morgan fingerprint density at radius 2 is 2.21 bits per heavy atom. The van der Waals surface area contributed by atoms with E-state index in [9.17, 15) is 14.9 Å². The van der Waals surface area contributed by atoms with Crippen molar-refractivity contribution in [2.24, 2.45) is 11.7 Å². The molecule has 0 atom stereocenters. The van der Waals surface area contributed by atoms with Crippen molar-refractivity contribution in [2.75, 3.05) is 23.3 Å². The molecular weight excluding hydrogens is 382 g/mol. The van der Waals surface area contributed by atoms with E-state index in [4.69, 9.17) is 5.73 Å². The predicted octanol–water partition coefficient (Wildman–Crippen LogP) is 2.01. The number of hydrogen-bond donors (Lipinski definition) is 2. The van der Waals surface area contributed by atoms with Crippen LogP contribution in [0.4, 0.5) is 17.5 Å². The summed E-state index contributed by atoms with van der Waals surface area (Å²) < 4.78 is 1.46. The summed E-state index contributed by atoms with van der Waals surface area (Å²) >= 11 is 1.34. The first-order chi connectivity index (χ1) is 13.5. The number of thiazole rings is 1. The van der Waals surface area contributed by atoms with Crippen LogP contribution in [-0.4, -0.2) is 38.3 Å². The maximum absolute atomic E-state index is 11.5. The van der Waals surface area contributed by atoms with Gasteiger partial charge in [-0.3, -0.25) is 4.79 Å². The van der Waals surface area contributed by atoms with E-state index in [0.717, 1.165) is 11.4 Å². The summed E-state index contributed by atoms with van der Waals surface area (Å²) in [5.41, 5.74) is 6.32. The number of pyridine rings is 1. The van der Waals surface area contributed by atoms with E-state index < -0.39 is 4.92 Å². The van der Waals surface area contributed by atoms with Gasteiger partial charge in [0.25, 0.3) is 4.96 Å². The van der Waals surface area contributed by atoms with Gasteiger partial charge in [-0.15, -0.1) is 0 Å². The monoisotopic (exact) mass is 401 g/mol. The minimum Gasteiger partial charge on any atom is -0.369 e. The number of aromatic nitrogens is 3. The number of primary amides is 1. The van der Waals surface area contributed by atoms with Crippen molar-refractivity contribution in [3.8, 4) is 0 Å². The van der Waals surface area contributed by atoms with Gasteiger partial charge in [-0.1, -0.05) is 17.4 Å². The quantitative estimate of drug-likeness (QED) is 0.477. The molecule has 4 heterocycles. The van der Waals surface area contributed by atoms with Crippen LogP contribution in [0, 0.1) is 16.0 Å². The molecule has 1 saturated heterocycles. The molecule has 146 valence electrons. The van der Waals surface area contributed by atoms with Crippen LogP contribution >= 0.6 is 11.3 Å². The van der Waals surface area contributed by atoms with Crippen LogP contribution in [0.5, 0.6) is 0 Å². The number of anilines is 2. The molecule has 1 aliphatic rings. The van der Waals surface area contributed by atoms with E-state index in [1.54, 1.807) is 17.8 Å². The lowest BCUT2D eigenvalue weighted by Gasteiger charge is -2.32. The molecule has 0 aliphatic carbocycles. The van der Waals surface area contributed by atoms with Gasteiger partial charge in [-0.25, -0.2) is 4.98 Å². The molecule has 3 N–H and O–H groups in total. The maximum Gasteiger partial charge on any atom is 0.372 e. The number of nitrogens with two attached hydrogens (primary N) is 1. The first-order valence-corrected chi connectivity index (χ1v) is 9.74. The lowest BCUT2D eigenvalue weighted by molar-refractivity contribution is -0.389. The zero-order chi connectivity index (χ0) is 19.7. The van der Waals surface area contributed by atoms with Crippen molar-refractivity contribution in [3.63, 3.8) is 0 Å². The Labute approximate surface area is 164 Å². The Balaban J connectivity index is 1.52. The van der Waals surface area contributed by atoms with Crippen LogP contribution in [-0.2, 0) is 11.3 Å². The molecule has 1 aliphatic heterocycles. The highest BCUT2D eigenvalue weighted by Gasteiger charge is 2.26. The Bertz CT molecular complexity index is 1020. The molecule has 0 saturated carbocycles. The van der Waals surface area contributed by atoms with Gasteiger partial charge in [0.1, 0.15) is 12.0 Å². The molecule has 1 fully saturated rings. The van der Waals surface area contributed by atoms with Gasteiger partial charge in [0, 0.05) is 42.7 Å². The molecule has 0 bridgehead atoms. The molecule has 0 aromatic carbocycles. The SMILES string of the molecule is NC(=O)C1CCN(c2ncccc2CNc2nc3sccn3c2[N+](=O)[O-])CC1. The maximum atomic E-state index is 11.5. The van der Waals surface area contributed by atoms with Crippen LogP contribution in [0.3, 0.4) is 0 Å². The lowest BCUT2D eigenvalue weighted by Crippen LogP contribution is -2.39. The van der Waals surface area contributed by atoms with Gasteiger partial charge >= 0.3 is 5.82 Å². The van der Waals surface area contributed by atoms with Crippen molar-refractivity contribution in [1.29, 1.82) is 0 Å². The van der Waals surface area contributed by atoms with E-state index >= 15 is 0 Å². The predicted molar refractivity (Wildman–Crippen MR) is 105 cm³/mol. The number of imidazole rings is 1. The van der Waals surface area contributed by atoms with Crippen molar-refractivity contribution in [1.82, 2.24) is 14.4 Å². The molecule has 3 aromatic rings. The summed E-state index contributed by atoms with van der Waals surface area (Å²) in [6, 6.07) is 3.76. The first kappa shape index (κ1) is 18.2. The van der Waals surface area contributed by atoms with Crippen LogP contribution < -0.4 is 16.0 Å². The number of nitro groups is 1. The van der Waals surface area contributed by atoms with Gasteiger partial charge in [0.15, 0.2) is 0 Å². The molecule has 11 heteroatoms. The number of nitrogens with one attached hydrogen (secondary N) is 1. The fraction of sp³-hybridized carbons (Fsp3) is 0.353. The fourth-order valence-electron chi connectivity index (χ4n) is 3.47. The summed E-state index contributed by atoms with van der Waals surface area (Å²) in [6.45, 7) is 1.74. The number of carbonyl (C=O) groups is 1. The third-order valence-corrected chi connectivity index (χ3v) is 5.68. The normalized spacial score (nSPS) is 15.1. The number of carbonyl (C=O) groups excluding carboxylic acids is 1.